The van der Waals surface area contributed by atoms with Crippen LogP contribution >= 0.6 is 39.2 Å². The van der Waals surface area contributed by atoms with E-state index in [1.165, 1.54) is 16.3 Å². The number of benzene rings is 1. The van der Waals surface area contributed by atoms with Gasteiger partial charge in [-0.3, -0.25) is 13.9 Å². The average Bonchev–Trinajstić information content (AvgIpc) is 2.90. The van der Waals surface area contributed by atoms with E-state index in [-0.39, 0.29) is 11.8 Å². The molecule has 0 aliphatic carbocycles. The van der Waals surface area contributed by atoms with Crippen LogP contribution in [0.4, 0.5) is 5.69 Å². The number of hydrogen-bond donors (Lipinski definition) is 1. The van der Waals surface area contributed by atoms with Crippen LogP contribution in [0.25, 0.3) is 0 Å². The maximum Gasteiger partial charge on any atom is 0.249 e. The standard InChI is InChI=1S/C14H11BrN2O2S2/c1-17-13(19)11(10-6-7-20-14(10)21-17)12(18)16-9-4-2-8(15)3-5-9/h2-7,11H,1H3,(H,16,18). The van der Waals surface area contributed by atoms with Gasteiger partial charge in [-0.25, -0.2) is 0 Å². The predicted octanol–water partition coefficient (Wildman–Crippen LogP) is 3.71. The van der Waals surface area contributed by atoms with Crippen LogP contribution in [-0.4, -0.2) is 23.2 Å². The minimum Gasteiger partial charge on any atom is -0.325 e. The Bertz CT molecular complexity index is 699. The number of hydrogen-bond acceptors (Lipinski definition) is 4. The maximum atomic E-state index is 12.5. The van der Waals surface area contributed by atoms with Crippen molar-refractivity contribution in [2.75, 3.05) is 12.4 Å². The van der Waals surface area contributed by atoms with Gasteiger partial charge in [-0.1, -0.05) is 15.9 Å². The Morgan fingerprint density at radius 1 is 1.29 bits per heavy atom. The molecule has 21 heavy (non-hydrogen) atoms. The van der Waals surface area contributed by atoms with Gasteiger partial charge in [0.15, 0.2) is 0 Å². The number of carbonyl (C=O) groups excluding carboxylic acids is 2. The van der Waals surface area contributed by atoms with Gasteiger partial charge in [0.2, 0.25) is 11.8 Å². The second kappa shape index (κ2) is 5.82. The summed E-state index contributed by atoms with van der Waals surface area (Å²) in [5, 5.41) is 4.72. The summed E-state index contributed by atoms with van der Waals surface area (Å²) >= 11 is 6.26. The van der Waals surface area contributed by atoms with Crippen molar-refractivity contribution in [1.29, 1.82) is 0 Å². The molecule has 0 saturated heterocycles. The van der Waals surface area contributed by atoms with E-state index < -0.39 is 5.92 Å². The monoisotopic (exact) mass is 382 g/mol. The lowest BCUT2D eigenvalue weighted by Gasteiger charge is -2.27. The third-order valence-electron chi connectivity index (χ3n) is 3.12. The van der Waals surface area contributed by atoms with Crippen LogP contribution in [0.5, 0.6) is 0 Å². The zero-order valence-corrected chi connectivity index (χ0v) is 14.2. The normalized spacial score (nSPS) is 17.5. The fourth-order valence-electron chi connectivity index (χ4n) is 2.08. The molecule has 1 unspecified atom stereocenters. The number of amides is 2. The summed E-state index contributed by atoms with van der Waals surface area (Å²) in [6.45, 7) is 0. The number of rotatable bonds is 2. The van der Waals surface area contributed by atoms with E-state index in [9.17, 15) is 9.59 Å². The van der Waals surface area contributed by atoms with Gasteiger partial charge in [0, 0.05) is 34.7 Å². The number of carbonyl (C=O) groups is 2. The Hall–Kier alpha value is -1.31. The summed E-state index contributed by atoms with van der Waals surface area (Å²) in [5.74, 6) is -1.27. The molecule has 0 bridgehead atoms. The van der Waals surface area contributed by atoms with E-state index in [1.807, 2.05) is 23.6 Å². The molecule has 3 rings (SSSR count). The van der Waals surface area contributed by atoms with Crippen molar-refractivity contribution < 1.29 is 9.59 Å². The number of thiophene rings is 1. The predicted molar refractivity (Wildman–Crippen MR) is 88.5 cm³/mol. The Balaban J connectivity index is 1.87. The fourth-order valence-corrected chi connectivity index (χ4v) is 4.41. The quantitative estimate of drug-likeness (QED) is 0.635. The average molecular weight is 383 g/mol. The summed E-state index contributed by atoms with van der Waals surface area (Å²) in [4.78, 5) is 24.8. The molecule has 2 aromatic rings. The molecule has 108 valence electrons. The van der Waals surface area contributed by atoms with Crippen molar-refractivity contribution in [2.24, 2.45) is 0 Å². The van der Waals surface area contributed by atoms with Gasteiger partial charge in [-0.15, -0.1) is 11.3 Å². The summed E-state index contributed by atoms with van der Waals surface area (Å²) in [6.07, 6.45) is 0. The molecule has 2 amide bonds. The van der Waals surface area contributed by atoms with E-state index in [0.29, 0.717) is 5.69 Å². The lowest BCUT2D eigenvalue weighted by molar-refractivity contribution is -0.132. The lowest BCUT2D eigenvalue weighted by atomic mass is 10.00. The van der Waals surface area contributed by atoms with E-state index in [0.717, 1.165) is 14.2 Å². The fraction of sp³-hybridized carbons (Fsp3) is 0.143. The molecule has 0 spiro atoms. The van der Waals surface area contributed by atoms with Crippen LogP contribution in [0.15, 0.2) is 44.4 Å². The van der Waals surface area contributed by atoms with Gasteiger partial charge in [0.25, 0.3) is 0 Å². The molecule has 1 aliphatic heterocycles. The lowest BCUT2D eigenvalue weighted by Crippen LogP contribution is -2.37. The highest BCUT2D eigenvalue weighted by Crippen LogP contribution is 2.41. The number of anilines is 1. The molecule has 2 heterocycles. The molecule has 1 aromatic heterocycles. The zero-order chi connectivity index (χ0) is 15.0. The Morgan fingerprint density at radius 2 is 2.00 bits per heavy atom. The molecule has 7 heteroatoms. The second-order valence-electron chi connectivity index (χ2n) is 4.52. The van der Waals surface area contributed by atoms with Crippen LogP contribution in [0.3, 0.4) is 0 Å². The minimum atomic E-state index is -0.777. The van der Waals surface area contributed by atoms with E-state index in [2.05, 4.69) is 21.2 Å². The van der Waals surface area contributed by atoms with Crippen LogP contribution in [0, 0.1) is 0 Å². The number of fused-ring (bicyclic) bond motifs is 1. The third kappa shape index (κ3) is 2.86. The molecular formula is C14H11BrN2O2S2. The number of nitrogens with zero attached hydrogens (tertiary/aromatic N) is 1. The van der Waals surface area contributed by atoms with Crippen molar-refractivity contribution in [3.63, 3.8) is 0 Å². The van der Waals surface area contributed by atoms with Crippen molar-refractivity contribution in [2.45, 2.75) is 10.1 Å². The van der Waals surface area contributed by atoms with Gasteiger partial charge in [0.1, 0.15) is 5.92 Å². The maximum absolute atomic E-state index is 12.5. The minimum absolute atomic E-state index is 0.194. The highest BCUT2D eigenvalue weighted by atomic mass is 79.9. The summed E-state index contributed by atoms with van der Waals surface area (Å²) in [5.41, 5.74) is 1.47. The molecule has 1 atom stereocenters. The molecular weight excluding hydrogens is 372 g/mol. The van der Waals surface area contributed by atoms with Gasteiger partial charge in [-0.05, 0) is 35.7 Å². The summed E-state index contributed by atoms with van der Waals surface area (Å²) in [7, 11) is 1.69. The third-order valence-corrected chi connectivity index (χ3v) is 5.74. The first-order chi connectivity index (χ1) is 10.1. The summed E-state index contributed by atoms with van der Waals surface area (Å²) in [6, 6.07) is 9.13. The van der Waals surface area contributed by atoms with Crippen LogP contribution in [0.1, 0.15) is 11.5 Å². The molecule has 0 fully saturated rings. The topological polar surface area (TPSA) is 49.4 Å². The van der Waals surface area contributed by atoms with Crippen LogP contribution in [-0.2, 0) is 9.59 Å². The number of likely N-dealkylation sites (N-methyl/N-ethyl adjacent to an activating group) is 1. The van der Waals surface area contributed by atoms with Gasteiger partial charge >= 0.3 is 0 Å². The zero-order valence-electron chi connectivity index (χ0n) is 11.0. The first-order valence-corrected chi connectivity index (χ1v) is 8.60. The van der Waals surface area contributed by atoms with E-state index in [4.69, 9.17) is 0 Å². The smallest absolute Gasteiger partial charge is 0.249 e. The molecule has 1 N–H and O–H groups in total. The Morgan fingerprint density at radius 3 is 2.71 bits per heavy atom. The van der Waals surface area contributed by atoms with Crippen LogP contribution < -0.4 is 5.32 Å². The molecule has 1 aromatic carbocycles. The largest absolute Gasteiger partial charge is 0.325 e. The first kappa shape index (κ1) is 14.6. The first-order valence-electron chi connectivity index (χ1n) is 6.15. The molecule has 0 radical (unpaired) electrons. The van der Waals surface area contributed by atoms with E-state index in [1.54, 1.807) is 30.5 Å². The molecule has 4 nitrogen and oxygen atoms in total. The van der Waals surface area contributed by atoms with Gasteiger partial charge in [-0.2, -0.15) is 0 Å². The SMILES string of the molecule is CN1Sc2sccc2C(C(=O)Nc2ccc(Br)cc2)C1=O. The highest BCUT2D eigenvalue weighted by Gasteiger charge is 2.38. The molecule has 0 saturated carbocycles. The Labute approximate surface area is 138 Å². The van der Waals surface area contributed by atoms with Crippen molar-refractivity contribution in [1.82, 2.24) is 4.31 Å². The van der Waals surface area contributed by atoms with Gasteiger partial charge in [0.05, 0.1) is 4.21 Å². The van der Waals surface area contributed by atoms with Crippen molar-refractivity contribution >= 4 is 56.7 Å². The number of halogens is 1. The van der Waals surface area contributed by atoms with E-state index >= 15 is 0 Å². The highest BCUT2D eigenvalue weighted by molar-refractivity contribution is 9.10. The van der Waals surface area contributed by atoms with Crippen molar-refractivity contribution in [3.05, 3.63) is 45.7 Å². The second-order valence-corrected chi connectivity index (χ2v) is 7.75. The number of nitrogens with one attached hydrogen (secondary N) is 1. The molecule has 1 aliphatic rings. The van der Waals surface area contributed by atoms with Crippen LogP contribution in [0.2, 0.25) is 0 Å². The van der Waals surface area contributed by atoms with Gasteiger partial charge < -0.3 is 5.32 Å². The van der Waals surface area contributed by atoms with Crippen molar-refractivity contribution in [3.8, 4) is 0 Å². The summed E-state index contributed by atoms with van der Waals surface area (Å²) < 4.78 is 3.45. The Kier molecular flexibility index (Phi) is 4.05.